The third-order valence-electron chi connectivity index (χ3n) is 3.50. The molecule has 1 unspecified atom stereocenters. The molecule has 1 aliphatic rings. The summed E-state index contributed by atoms with van der Waals surface area (Å²) in [6.07, 6.45) is 0.900. The van der Waals surface area contributed by atoms with Crippen molar-refractivity contribution in [3.05, 3.63) is 22.7 Å². The highest BCUT2D eigenvalue weighted by atomic mass is 35.5. The molecule has 1 aromatic rings. The number of rotatable bonds is 3. The zero-order valence-electron chi connectivity index (χ0n) is 11.5. The molecule has 1 amide bonds. The zero-order chi connectivity index (χ0) is 14.0. The minimum atomic E-state index is 0.0457. The predicted molar refractivity (Wildman–Crippen MR) is 77.0 cm³/mol. The van der Waals surface area contributed by atoms with Crippen molar-refractivity contribution < 1.29 is 9.53 Å². The van der Waals surface area contributed by atoms with Crippen LogP contribution >= 0.6 is 11.6 Å². The first-order valence-corrected chi connectivity index (χ1v) is 6.72. The highest BCUT2D eigenvalue weighted by Crippen LogP contribution is 2.31. The predicted octanol–water partition coefficient (Wildman–Crippen LogP) is 2.55. The van der Waals surface area contributed by atoms with E-state index >= 15 is 0 Å². The average molecular weight is 283 g/mol. The number of hydrogen-bond acceptors (Lipinski definition) is 3. The summed E-state index contributed by atoms with van der Waals surface area (Å²) in [5, 5.41) is 3.58. The Morgan fingerprint density at radius 1 is 1.53 bits per heavy atom. The largest absolute Gasteiger partial charge is 0.495 e. The van der Waals surface area contributed by atoms with E-state index in [0.29, 0.717) is 16.5 Å². The lowest BCUT2D eigenvalue weighted by atomic mass is 10.1. The highest BCUT2D eigenvalue weighted by molar-refractivity contribution is 6.31. The van der Waals surface area contributed by atoms with Crippen LogP contribution in [0.25, 0.3) is 0 Å². The lowest BCUT2D eigenvalue weighted by molar-refractivity contribution is -0.119. The van der Waals surface area contributed by atoms with Crippen LogP contribution in [0.2, 0.25) is 5.02 Å². The van der Waals surface area contributed by atoms with Gasteiger partial charge in [-0.15, -0.1) is 0 Å². The number of hydrogen-bond donors (Lipinski definition) is 1. The minimum absolute atomic E-state index is 0.0457. The molecule has 2 rings (SSSR count). The second-order valence-corrected chi connectivity index (χ2v) is 5.45. The molecule has 1 aliphatic heterocycles. The van der Waals surface area contributed by atoms with Crippen molar-refractivity contribution in [1.82, 2.24) is 4.90 Å². The van der Waals surface area contributed by atoms with Gasteiger partial charge in [0.05, 0.1) is 18.7 Å². The van der Waals surface area contributed by atoms with Gasteiger partial charge in [0.15, 0.2) is 0 Å². The number of anilines is 1. The average Bonchev–Trinajstić information content (AvgIpc) is 2.80. The van der Waals surface area contributed by atoms with E-state index in [-0.39, 0.29) is 11.8 Å². The zero-order valence-corrected chi connectivity index (χ0v) is 12.3. The second kappa shape index (κ2) is 5.80. The van der Waals surface area contributed by atoms with Crippen molar-refractivity contribution in [2.24, 2.45) is 5.92 Å². The first-order chi connectivity index (χ1) is 9.01. The number of halogens is 1. The normalized spacial score (nSPS) is 19.5. The van der Waals surface area contributed by atoms with Crippen LogP contribution in [0, 0.1) is 12.8 Å². The number of nitrogens with one attached hydrogen (secondary N) is 1. The van der Waals surface area contributed by atoms with Crippen molar-refractivity contribution in [3.8, 4) is 5.75 Å². The Morgan fingerprint density at radius 2 is 2.26 bits per heavy atom. The Labute approximate surface area is 118 Å². The van der Waals surface area contributed by atoms with Gasteiger partial charge in [-0.25, -0.2) is 0 Å². The Bertz CT molecular complexity index is 491. The lowest BCUT2D eigenvalue weighted by Crippen LogP contribution is -2.25. The maximum Gasteiger partial charge on any atom is 0.228 e. The van der Waals surface area contributed by atoms with E-state index in [1.807, 2.05) is 20.0 Å². The van der Waals surface area contributed by atoms with Crippen LogP contribution in [0.4, 0.5) is 5.69 Å². The Morgan fingerprint density at radius 3 is 2.84 bits per heavy atom. The van der Waals surface area contributed by atoms with E-state index < -0.39 is 0 Å². The Hall–Kier alpha value is -1.26. The minimum Gasteiger partial charge on any atom is -0.495 e. The molecule has 104 valence electrons. The van der Waals surface area contributed by atoms with Gasteiger partial charge in [0.2, 0.25) is 5.91 Å². The van der Waals surface area contributed by atoms with E-state index in [1.165, 1.54) is 0 Å². The summed E-state index contributed by atoms with van der Waals surface area (Å²) in [5.74, 6) is 0.686. The molecule has 19 heavy (non-hydrogen) atoms. The number of carbonyl (C=O) groups is 1. The first kappa shape index (κ1) is 14.2. The van der Waals surface area contributed by atoms with Crippen molar-refractivity contribution in [2.75, 3.05) is 32.6 Å². The third-order valence-corrected chi connectivity index (χ3v) is 3.91. The van der Waals surface area contributed by atoms with Crippen molar-refractivity contribution in [3.63, 3.8) is 0 Å². The molecule has 1 N–H and O–H groups in total. The number of ether oxygens (including phenoxy) is 1. The monoisotopic (exact) mass is 282 g/mol. The van der Waals surface area contributed by atoms with Crippen LogP contribution in [0.1, 0.15) is 12.0 Å². The van der Waals surface area contributed by atoms with E-state index in [9.17, 15) is 4.79 Å². The van der Waals surface area contributed by atoms with E-state index in [0.717, 1.165) is 25.1 Å². The summed E-state index contributed by atoms with van der Waals surface area (Å²) in [6, 6.07) is 3.57. The fourth-order valence-electron chi connectivity index (χ4n) is 2.31. The number of nitrogens with zero attached hydrogens (tertiary/aromatic N) is 1. The van der Waals surface area contributed by atoms with Crippen LogP contribution in [0.5, 0.6) is 5.75 Å². The summed E-state index contributed by atoms with van der Waals surface area (Å²) in [6.45, 7) is 3.68. The number of aryl methyl sites for hydroxylation is 1. The van der Waals surface area contributed by atoms with Crippen molar-refractivity contribution in [2.45, 2.75) is 13.3 Å². The van der Waals surface area contributed by atoms with Gasteiger partial charge in [0.25, 0.3) is 0 Å². The Balaban J connectivity index is 2.14. The smallest absolute Gasteiger partial charge is 0.228 e. The van der Waals surface area contributed by atoms with E-state index in [4.69, 9.17) is 16.3 Å². The second-order valence-electron chi connectivity index (χ2n) is 5.04. The number of methoxy groups -OCH3 is 1. The van der Waals surface area contributed by atoms with Gasteiger partial charge in [0.1, 0.15) is 5.75 Å². The summed E-state index contributed by atoms with van der Waals surface area (Å²) in [4.78, 5) is 14.4. The van der Waals surface area contributed by atoms with Crippen molar-refractivity contribution >= 4 is 23.2 Å². The van der Waals surface area contributed by atoms with Gasteiger partial charge < -0.3 is 15.0 Å². The van der Waals surface area contributed by atoms with Gasteiger partial charge in [-0.05, 0) is 38.6 Å². The van der Waals surface area contributed by atoms with Crippen LogP contribution in [-0.2, 0) is 4.79 Å². The fraction of sp³-hybridized carbons (Fsp3) is 0.500. The maximum absolute atomic E-state index is 12.2. The topological polar surface area (TPSA) is 41.6 Å². The number of carbonyl (C=O) groups excluding carboxylic acids is 1. The van der Waals surface area contributed by atoms with E-state index in [1.54, 1.807) is 13.2 Å². The van der Waals surface area contributed by atoms with Crippen LogP contribution in [0.15, 0.2) is 12.1 Å². The number of likely N-dealkylation sites (tertiary alicyclic amines) is 1. The molecule has 0 aliphatic carbocycles. The third kappa shape index (κ3) is 3.19. The molecule has 1 saturated heterocycles. The number of benzene rings is 1. The standard InChI is InChI=1S/C14H19ClN2O2/c1-9-6-12(13(19-3)7-11(9)15)16-14(18)10-4-5-17(2)8-10/h6-7,10H,4-5,8H2,1-3H3,(H,16,18). The summed E-state index contributed by atoms with van der Waals surface area (Å²) in [7, 11) is 3.60. The molecule has 4 nitrogen and oxygen atoms in total. The Kier molecular flexibility index (Phi) is 4.32. The molecule has 5 heteroatoms. The summed E-state index contributed by atoms with van der Waals surface area (Å²) in [5.41, 5.74) is 1.60. The molecular formula is C14H19ClN2O2. The molecule has 1 fully saturated rings. The number of amides is 1. The van der Waals surface area contributed by atoms with Crippen LogP contribution < -0.4 is 10.1 Å². The molecule has 0 spiro atoms. The van der Waals surface area contributed by atoms with E-state index in [2.05, 4.69) is 10.2 Å². The molecule has 0 radical (unpaired) electrons. The highest BCUT2D eigenvalue weighted by Gasteiger charge is 2.26. The molecular weight excluding hydrogens is 264 g/mol. The quantitative estimate of drug-likeness (QED) is 0.926. The molecule has 0 saturated carbocycles. The van der Waals surface area contributed by atoms with Crippen LogP contribution in [-0.4, -0.2) is 38.1 Å². The van der Waals surface area contributed by atoms with Crippen LogP contribution in [0.3, 0.4) is 0 Å². The fourth-order valence-corrected chi connectivity index (χ4v) is 2.47. The molecule has 0 bridgehead atoms. The van der Waals surface area contributed by atoms with Gasteiger partial charge in [0, 0.05) is 17.6 Å². The maximum atomic E-state index is 12.2. The summed E-state index contributed by atoms with van der Waals surface area (Å²) >= 11 is 6.05. The molecule has 1 atom stereocenters. The SMILES string of the molecule is COc1cc(Cl)c(C)cc1NC(=O)C1CCN(C)C1. The van der Waals surface area contributed by atoms with Gasteiger partial charge in [-0.2, -0.15) is 0 Å². The summed E-state index contributed by atoms with van der Waals surface area (Å²) < 4.78 is 5.26. The van der Waals surface area contributed by atoms with Crippen molar-refractivity contribution in [1.29, 1.82) is 0 Å². The van der Waals surface area contributed by atoms with Gasteiger partial charge >= 0.3 is 0 Å². The molecule has 1 heterocycles. The van der Waals surface area contributed by atoms with Gasteiger partial charge in [-0.1, -0.05) is 11.6 Å². The van der Waals surface area contributed by atoms with Gasteiger partial charge in [-0.3, -0.25) is 4.79 Å². The molecule has 0 aromatic heterocycles. The lowest BCUT2D eigenvalue weighted by Gasteiger charge is -2.15. The first-order valence-electron chi connectivity index (χ1n) is 6.35. The molecule has 1 aromatic carbocycles.